The molecule has 0 unspecified atom stereocenters. The minimum absolute atomic E-state index is 0.661. The Kier molecular flexibility index (Phi) is 2.19. The zero-order valence-corrected chi connectivity index (χ0v) is 7.75. The van der Waals surface area contributed by atoms with Gasteiger partial charge in [0.05, 0.1) is 5.69 Å². The van der Waals surface area contributed by atoms with Gasteiger partial charge in [-0.3, -0.25) is 0 Å². The average molecular weight is 191 g/mol. The van der Waals surface area contributed by atoms with Crippen LogP contribution < -0.4 is 10.5 Å². The topological polar surface area (TPSA) is 35.2 Å². The van der Waals surface area contributed by atoms with E-state index in [1.54, 1.807) is 11.3 Å². The summed E-state index contributed by atoms with van der Waals surface area (Å²) in [5, 5.41) is 3.90. The number of para-hydroxylation sites is 2. The third-order valence-electron chi connectivity index (χ3n) is 1.64. The average Bonchev–Trinajstić information content (AvgIpc) is 2.61. The zero-order chi connectivity index (χ0) is 9.10. The van der Waals surface area contributed by atoms with Crippen LogP contribution in [0.2, 0.25) is 0 Å². The number of nitrogens with two attached hydrogens (primary N) is 1. The Bertz CT molecular complexity index is 384. The number of nitrogen functional groups attached to an aromatic ring is 1. The van der Waals surface area contributed by atoms with Gasteiger partial charge in [0.1, 0.15) is 11.5 Å². The number of rotatable bonds is 2. The summed E-state index contributed by atoms with van der Waals surface area (Å²) in [7, 11) is 0. The highest BCUT2D eigenvalue weighted by atomic mass is 32.1. The molecule has 0 spiro atoms. The van der Waals surface area contributed by atoms with E-state index in [4.69, 9.17) is 10.5 Å². The fourth-order valence-electron chi connectivity index (χ4n) is 1.01. The maximum absolute atomic E-state index is 5.72. The highest BCUT2D eigenvalue weighted by Gasteiger charge is 1.99. The molecule has 0 aliphatic rings. The lowest BCUT2D eigenvalue weighted by Gasteiger charge is -2.05. The van der Waals surface area contributed by atoms with Crippen LogP contribution >= 0.6 is 11.3 Å². The molecule has 0 saturated heterocycles. The first-order valence-corrected chi connectivity index (χ1v) is 4.85. The van der Waals surface area contributed by atoms with Gasteiger partial charge in [0, 0.05) is 5.38 Å². The largest absolute Gasteiger partial charge is 0.454 e. The highest BCUT2D eigenvalue weighted by Crippen LogP contribution is 2.27. The van der Waals surface area contributed by atoms with Crippen LogP contribution in [-0.4, -0.2) is 0 Å². The van der Waals surface area contributed by atoms with Crippen LogP contribution in [-0.2, 0) is 0 Å². The maximum atomic E-state index is 5.72. The Morgan fingerprint density at radius 3 is 2.69 bits per heavy atom. The van der Waals surface area contributed by atoms with E-state index < -0.39 is 0 Å². The molecule has 3 heteroatoms. The van der Waals surface area contributed by atoms with Crippen LogP contribution in [0.3, 0.4) is 0 Å². The minimum Gasteiger partial charge on any atom is -0.454 e. The SMILES string of the molecule is Nc1ccccc1Oc1ccsc1. The monoisotopic (exact) mass is 191 g/mol. The third-order valence-corrected chi connectivity index (χ3v) is 2.30. The summed E-state index contributed by atoms with van der Waals surface area (Å²) in [6.07, 6.45) is 0. The van der Waals surface area contributed by atoms with Crippen molar-refractivity contribution in [1.29, 1.82) is 0 Å². The van der Waals surface area contributed by atoms with Crippen LogP contribution in [0.15, 0.2) is 41.1 Å². The van der Waals surface area contributed by atoms with Crippen molar-refractivity contribution < 1.29 is 4.74 Å². The van der Waals surface area contributed by atoms with E-state index in [1.165, 1.54) is 0 Å². The van der Waals surface area contributed by atoms with Crippen molar-refractivity contribution in [1.82, 2.24) is 0 Å². The molecule has 66 valence electrons. The first-order valence-electron chi connectivity index (χ1n) is 3.91. The van der Waals surface area contributed by atoms with E-state index in [0.29, 0.717) is 11.4 Å². The molecule has 0 saturated carbocycles. The maximum Gasteiger partial charge on any atom is 0.150 e. The van der Waals surface area contributed by atoms with Gasteiger partial charge in [0.2, 0.25) is 0 Å². The van der Waals surface area contributed by atoms with Crippen molar-refractivity contribution >= 4 is 17.0 Å². The fourth-order valence-corrected chi connectivity index (χ4v) is 1.56. The smallest absolute Gasteiger partial charge is 0.150 e. The molecule has 0 aliphatic carbocycles. The van der Waals surface area contributed by atoms with Gasteiger partial charge in [-0.05, 0) is 23.6 Å². The summed E-state index contributed by atoms with van der Waals surface area (Å²) in [6.45, 7) is 0. The van der Waals surface area contributed by atoms with Gasteiger partial charge in [0.15, 0.2) is 0 Å². The van der Waals surface area contributed by atoms with Crippen molar-refractivity contribution in [3.05, 3.63) is 41.1 Å². The Balaban J connectivity index is 2.24. The normalized spacial score (nSPS) is 9.85. The summed E-state index contributed by atoms with van der Waals surface area (Å²) in [6, 6.07) is 9.37. The Morgan fingerprint density at radius 1 is 1.15 bits per heavy atom. The first kappa shape index (κ1) is 8.13. The summed E-state index contributed by atoms with van der Waals surface area (Å²) < 4.78 is 5.53. The van der Waals surface area contributed by atoms with E-state index in [9.17, 15) is 0 Å². The Labute approximate surface area is 80.6 Å². The van der Waals surface area contributed by atoms with Gasteiger partial charge in [-0.1, -0.05) is 12.1 Å². The molecular weight excluding hydrogens is 182 g/mol. The van der Waals surface area contributed by atoms with Crippen molar-refractivity contribution in [2.45, 2.75) is 0 Å². The number of ether oxygens (including phenoxy) is 1. The second kappa shape index (κ2) is 3.49. The Morgan fingerprint density at radius 2 is 2.00 bits per heavy atom. The molecule has 0 radical (unpaired) electrons. The summed E-state index contributed by atoms with van der Waals surface area (Å²) in [5.41, 5.74) is 6.38. The van der Waals surface area contributed by atoms with E-state index in [2.05, 4.69) is 0 Å². The van der Waals surface area contributed by atoms with Gasteiger partial charge in [-0.2, -0.15) is 0 Å². The molecule has 0 fully saturated rings. The van der Waals surface area contributed by atoms with E-state index in [1.807, 2.05) is 41.1 Å². The van der Waals surface area contributed by atoms with E-state index in [-0.39, 0.29) is 0 Å². The molecule has 1 aromatic heterocycles. The summed E-state index contributed by atoms with van der Waals surface area (Å²) in [4.78, 5) is 0. The fraction of sp³-hybridized carbons (Fsp3) is 0. The number of hydrogen-bond acceptors (Lipinski definition) is 3. The van der Waals surface area contributed by atoms with Crippen LogP contribution in [0.25, 0.3) is 0 Å². The number of anilines is 1. The predicted octanol–water partition coefficient (Wildman–Crippen LogP) is 3.12. The van der Waals surface area contributed by atoms with Gasteiger partial charge in [0.25, 0.3) is 0 Å². The molecule has 2 rings (SSSR count). The molecule has 1 heterocycles. The molecule has 1 aromatic carbocycles. The lowest BCUT2D eigenvalue weighted by atomic mass is 10.3. The Hall–Kier alpha value is -1.48. The van der Waals surface area contributed by atoms with Crippen LogP contribution in [0.5, 0.6) is 11.5 Å². The molecule has 13 heavy (non-hydrogen) atoms. The summed E-state index contributed by atoms with van der Waals surface area (Å²) in [5.74, 6) is 1.55. The van der Waals surface area contributed by atoms with Gasteiger partial charge in [-0.15, -0.1) is 11.3 Å². The van der Waals surface area contributed by atoms with Crippen LogP contribution in [0.1, 0.15) is 0 Å². The highest BCUT2D eigenvalue weighted by molar-refractivity contribution is 7.08. The molecule has 0 atom stereocenters. The van der Waals surface area contributed by atoms with Crippen molar-refractivity contribution in [3.63, 3.8) is 0 Å². The van der Waals surface area contributed by atoms with E-state index in [0.717, 1.165) is 5.75 Å². The molecule has 2 N–H and O–H groups in total. The second-order valence-corrected chi connectivity index (χ2v) is 3.38. The molecule has 2 aromatic rings. The molecular formula is C10H9NOS. The molecule has 2 nitrogen and oxygen atoms in total. The van der Waals surface area contributed by atoms with E-state index >= 15 is 0 Å². The first-order chi connectivity index (χ1) is 6.36. The van der Waals surface area contributed by atoms with Crippen molar-refractivity contribution in [3.8, 4) is 11.5 Å². The van der Waals surface area contributed by atoms with Crippen LogP contribution in [0, 0.1) is 0 Å². The number of benzene rings is 1. The lowest BCUT2D eigenvalue weighted by molar-refractivity contribution is 0.487. The summed E-state index contributed by atoms with van der Waals surface area (Å²) >= 11 is 1.60. The van der Waals surface area contributed by atoms with Crippen molar-refractivity contribution in [2.24, 2.45) is 0 Å². The number of hydrogen-bond donors (Lipinski definition) is 1. The molecule has 0 bridgehead atoms. The molecule has 0 aliphatic heterocycles. The van der Waals surface area contributed by atoms with Crippen molar-refractivity contribution in [2.75, 3.05) is 5.73 Å². The van der Waals surface area contributed by atoms with Gasteiger partial charge >= 0.3 is 0 Å². The zero-order valence-electron chi connectivity index (χ0n) is 6.94. The quantitative estimate of drug-likeness (QED) is 0.740. The minimum atomic E-state index is 0.661. The third kappa shape index (κ3) is 1.81. The molecule has 0 amide bonds. The lowest BCUT2D eigenvalue weighted by Crippen LogP contribution is -1.89. The standard InChI is InChI=1S/C10H9NOS/c11-9-3-1-2-4-10(9)12-8-5-6-13-7-8/h1-7H,11H2. The van der Waals surface area contributed by atoms with Crippen LogP contribution in [0.4, 0.5) is 5.69 Å². The van der Waals surface area contributed by atoms with Gasteiger partial charge in [-0.25, -0.2) is 0 Å². The predicted molar refractivity (Wildman–Crippen MR) is 55.2 cm³/mol. The van der Waals surface area contributed by atoms with Gasteiger partial charge < -0.3 is 10.5 Å². The number of thiophene rings is 1. The second-order valence-electron chi connectivity index (χ2n) is 2.60.